The van der Waals surface area contributed by atoms with Crippen molar-refractivity contribution in [3.05, 3.63) is 22.4 Å². The molecule has 1 amide bonds. The third-order valence-corrected chi connectivity index (χ3v) is 3.44. The fourth-order valence-corrected chi connectivity index (χ4v) is 2.64. The monoisotopic (exact) mass is 270 g/mol. The summed E-state index contributed by atoms with van der Waals surface area (Å²) in [6.07, 6.45) is 4.16. The van der Waals surface area contributed by atoms with Crippen LogP contribution in [0.4, 0.5) is 0 Å². The average Bonchev–Trinajstić information content (AvgIpc) is 2.71. The maximum absolute atomic E-state index is 12.2. The van der Waals surface area contributed by atoms with Crippen molar-refractivity contribution in [2.24, 2.45) is 7.05 Å². The van der Waals surface area contributed by atoms with Gasteiger partial charge in [-0.15, -0.1) is 0 Å². The van der Waals surface area contributed by atoms with Crippen LogP contribution >= 0.6 is 15.9 Å². The summed E-state index contributed by atoms with van der Waals surface area (Å²) < 4.78 is 2.83. The van der Waals surface area contributed by atoms with Crippen LogP contribution in [-0.4, -0.2) is 28.0 Å². The summed E-state index contributed by atoms with van der Waals surface area (Å²) in [5.41, 5.74) is 0.760. The number of aryl methyl sites for hydroxylation is 1. The lowest BCUT2D eigenvalue weighted by Gasteiger charge is -2.21. The lowest BCUT2D eigenvalue weighted by molar-refractivity contribution is 0.0738. The topological polar surface area (TPSA) is 25.2 Å². The summed E-state index contributed by atoms with van der Waals surface area (Å²) in [5.74, 6) is 0.146. The molecule has 1 aliphatic heterocycles. The second-order valence-corrected chi connectivity index (χ2v) is 5.06. The van der Waals surface area contributed by atoms with Crippen LogP contribution in [0.15, 0.2) is 16.7 Å². The van der Waals surface area contributed by atoms with Crippen molar-refractivity contribution < 1.29 is 4.79 Å². The lowest BCUT2D eigenvalue weighted by atomic mass is 10.2. The summed E-state index contributed by atoms with van der Waals surface area (Å²) in [6.45, 7) is 3.01. The van der Waals surface area contributed by atoms with Crippen molar-refractivity contribution in [2.75, 3.05) is 6.54 Å². The highest BCUT2D eigenvalue weighted by Gasteiger charge is 2.27. The Balaban J connectivity index is 2.24. The first-order valence-electron chi connectivity index (χ1n) is 5.22. The minimum absolute atomic E-state index is 0.146. The van der Waals surface area contributed by atoms with E-state index in [4.69, 9.17) is 0 Å². The number of halogens is 1. The van der Waals surface area contributed by atoms with Crippen molar-refractivity contribution in [3.8, 4) is 0 Å². The van der Waals surface area contributed by atoms with Gasteiger partial charge in [0.2, 0.25) is 0 Å². The maximum atomic E-state index is 12.2. The zero-order valence-electron chi connectivity index (χ0n) is 9.03. The van der Waals surface area contributed by atoms with E-state index < -0.39 is 0 Å². The van der Waals surface area contributed by atoms with Gasteiger partial charge in [-0.3, -0.25) is 4.79 Å². The van der Waals surface area contributed by atoms with Gasteiger partial charge in [-0.2, -0.15) is 0 Å². The molecule has 1 unspecified atom stereocenters. The Morgan fingerprint density at radius 3 is 2.80 bits per heavy atom. The van der Waals surface area contributed by atoms with Crippen LogP contribution in [0.3, 0.4) is 0 Å². The predicted octanol–water partition coefficient (Wildman–Crippen LogP) is 2.41. The van der Waals surface area contributed by atoms with Gasteiger partial charge in [0.05, 0.1) is 0 Å². The summed E-state index contributed by atoms with van der Waals surface area (Å²) >= 11 is 3.38. The number of hydrogen-bond acceptors (Lipinski definition) is 1. The quantitative estimate of drug-likeness (QED) is 0.770. The Morgan fingerprint density at radius 1 is 1.60 bits per heavy atom. The van der Waals surface area contributed by atoms with Crippen molar-refractivity contribution in [1.82, 2.24) is 9.47 Å². The molecular formula is C11H15BrN2O. The normalized spacial score (nSPS) is 21.0. The molecule has 0 saturated carbocycles. The van der Waals surface area contributed by atoms with Crippen molar-refractivity contribution in [2.45, 2.75) is 25.8 Å². The minimum atomic E-state index is 0.146. The largest absolute Gasteiger partial charge is 0.345 e. The number of aromatic nitrogens is 1. The molecule has 3 nitrogen and oxygen atoms in total. The second-order valence-electron chi connectivity index (χ2n) is 4.14. The number of amides is 1. The molecule has 0 aromatic carbocycles. The Kier molecular flexibility index (Phi) is 2.87. The molecular weight excluding hydrogens is 256 g/mol. The first-order chi connectivity index (χ1) is 7.09. The van der Waals surface area contributed by atoms with Gasteiger partial charge < -0.3 is 9.47 Å². The van der Waals surface area contributed by atoms with Gasteiger partial charge in [0, 0.05) is 30.3 Å². The molecule has 1 fully saturated rings. The number of nitrogens with zero attached hydrogens (tertiary/aromatic N) is 2. The summed E-state index contributed by atoms with van der Waals surface area (Å²) in [7, 11) is 1.90. The van der Waals surface area contributed by atoms with Crippen molar-refractivity contribution >= 4 is 21.8 Å². The van der Waals surface area contributed by atoms with E-state index in [9.17, 15) is 4.79 Å². The van der Waals surface area contributed by atoms with Gasteiger partial charge in [0.1, 0.15) is 5.69 Å². The Morgan fingerprint density at radius 2 is 2.33 bits per heavy atom. The van der Waals surface area contributed by atoms with E-state index in [0.717, 1.165) is 29.6 Å². The minimum Gasteiger partial charge on any atom is -0.345 e. The predicted molar refractivity (Wildman–Crippen MR) is 62.8 cm³/mol. The number of rotatable bonds is 1. The van der Waals surface area contributed by atoms with E-state index in [2.05, 4.69) is 22.9 Å². The lowest BCUT2D eigenvalue weighted by Crippen LogP contribution is -2.34. The molecule has 1 atom stereocenters. The molecule has 1 aliphatic rings. The standard InChI is InChI=1S/C11H15BrN2O/c1-8-4-3-5-14(8)11(15)10-6-9(12)7-13(10)2/h6-8H,3-5H2,1-2H3. The third-order valence-electron chi connectivity index (χ3n) is 3.00. The van der Waals surface area contributed by atoms with Gasteiger partial charge in [-0.05, 0) is 41.8 Å². The van der Waals surface area contributed by atoms with Gasteiger partial charge in [0.25, 0.3) is 5.91 Å². The Bertz CT molecular complexity index is 386. The number of likely N-dealkylation sites (tertiary alicyclic amines) is 1. The molecule has 1 aromatic heterocycles. The van der Waals surface area contributed by atoms with Crippen molar-refractivity contribution in [3.63, 3.8) is 0 Å². The smallest absolute Gasteiger partial charge is 0.270 e. The molecule has 0 radical (unpaired) electrons. The van der Waals surface area contributed by atoms with Gasteiger partial charge in [-0.25, -0.2) is 0 Å². The SMILES string of the molecule is CC1CCCN1C(=O)c1cc(Br)cn1C. The number of carbonyl (C=O) groups is 1. The molecule has 2 heterocycles. The van der Waals surface area contributed by atoms with Gasteiger partial charge in [0.15, 0.2) is 0 Å². The Hall–Kier alpha value is -0.770. The van der Waals surface area contributed by atoms with E-state index >= 15 is 0 Å². The Labute approximate surface area is 98.2 Å². The van der Waals surface area contributed by atoms with E-state index in [1.165, 1.54) is 0 Å². The molecule has 1 saturated heterocycles. The van der Waals surface area contributed by atoms with Crippen LogP contribution < -0.4 is 0 Å². The number of carbonyl (C=O) groups excluding carboxylic acids is 1. The first kappa shape index (κ1) is 10.7. The number of hydrogen-bond donors (Lipinski definition) is 0. The summed E-state index contributed by atoms with van der Waals surface area (Å²) in [6, 6.07) is 2.26. The molecule has 2 rings (SSSR count). The highest BCUT2D eigenvalue weighted by Crippen LogP contribution is 2.21. The van der Waals surface area contributed by atoms with E-state index in [1.54, 1.807) is 0 Å². The van der Waals surface area contributed by atoms with Crippen molar-refractivity contribution in [1.29, 1.82) is 0 Å². The van der Waals surface area contributed by atoms with E-state index in [0.29, 0.717) is 6.04 Å². The molecule has 0 aliphatic carbocycles. The van der Waals surface area contributed by atoms with E-state index in [1.807, 2.05) is 28.8 Å². The molecule has 0 bridgehead atoms. The third kappa shape index (κ3) is 1.95. The zero-order chi connectivity index (χ0) is 11.0. The summed E-state index contributed by atoms with van der Waals surface area (Å²) in [5, 5.41) is 0. The highest BCUT2D eigenvalue weighted by molar-refractivity contribution is 9.10. The van der Waals surface area contributed by atoms with Gasteiger partial charge >= 0.3 is 0 Å². The molecule has 4 heteroatoms. The maximum Gasteiger partial charge on any atom is 0.270 e. The molecule has 15 heavy (non-hydrogen) atoms. The van der Waals surface area contributed by atoms with Crippen LogP contribution in [0.2, 0.25) is 0 Å². The van der Waals surface area contributed by atoms with E-state index in [-0.39, 0.29) is 5.91 Å². The van der Waals surface area contributed by atoms with Crippen LogP contribution in [-0.2, 0) is 7.05 Å². The molecule has 82 valence electrons. The second kappa shape index (κ2) is 4.00. The van der Waals surface area contributed by atoms with Crippen LogP contribution in [0.25, 0.3) is 0 Å². The summed E-state index contributed by atoms with van der Waals surface area (Å²) in [4.78, 5) is 14.1. The average molecular weight is 271 g/mol. The zero-order valence-corrected chi connectivity index (χ0v) is 10.6. The highest BCUT2D eigenvalue weighted by atomic mass is 79.9. The fourth-order valence-electron chi connectivity index (χ4n) is 2.12. The van der Waals surface area contributed by atoms with Crippen LogP contribution in [0, 0.1) is 0 Å². The molecule has 1 aromatic rings. The van der Waals surface area contributed by atoms with Crippen LogP contribution in [0.1, 0.15) is 30.3 Å². The first-order valence-corrected chi connectivity index (χ1v) is 6.01. The molecule has 0 spiro atoms. The van der Waals surface area contributed by atoms with Crippen LogP contribution in [0.5, 0.6) is 0 Å². The molecule has 0 N–H and O–H groups in total. The van der Waals surface area contributed by atoms with Gasteiger partial charge in [-0.1, -0.05) is 0 Å². The fraction of sp³-hybridized carbons (Fsp3) is 0.545.